The summed E-state index contributed by atoms with van der Waals surface area (Å²) in [5, 5.41) is 3.74. The zero-order valence-corrected chi connectivity index (χ0v) is 21.3. The summed E-state index contributed by atoms with van der Waals surface area (Å²) in [6, 6.07) is 7.48. The number of amides is 3. The van der Waals surface area contributed by atoms with Crippen LogP contribution >= 0.6 is 11.6 Å². The third kappa shape index (κ3) is 6.28. The van der Waals surface area contributed by atoms with Gasteiger partial charge >= 0.3 is 0 Å². The molecular weight excluding hydrogens is 438 g/mol. The maximum Gasteiger partial charge on any atom is 0.245 e. The number of rotatable bonds is 6. The fraction of sp³-hybridized carbons (Fsp3) is 0.654. The van der Waals surface area contributed by atoms with E-state index in [0.717, 1.165) is 17.9 Å². The van der Waals surface area contributed by atoms with Gasteiger partial charge in [0.25, 0.3) is 0 Å². The van der Waals surface area contributed by atoms with E-state index in [1.165, 1.54) is 5.56 Å². The van der Waals surface area contributed by atoms with E-state index in [-0.39, 0.29) is 35.0 Å². The zero-order valence-electron chi connectivity index (χ0n) is 20.6. The third-order valence-corrected chi connectivity index (χ3v) is 7.52. The first-order valence-corrected chi connectivity index (χ1v) is 12.4. The van der Waals surface area contributed by atoms with Crippen LogP contribution in [-0.2, 0) is 14.4 Å². The van der Waals surface area contributed by atoms with E-state index in [4.69, 9.17) is 11.6 Å². The molecule has 0 bridgehead atoms. The Morgan fingerprint density at radius 3 is 2.27 bits per heavy atom. The Hall–Kier alpha value is -2.08. The molecule has 0 radical (unpaired) electrons. The number of carbonyl (C=O) groups excluding carboxylic acids is 3. The van der Waals surface area contributed by atoms with Crippen molar-refractivity contribution in [2.24, 2.45) is 17.3 Å². The van der Waals surface area contributed by atoms with Crippen molar-refractivity contribution < 1.29 is 14.4 Å². The molecule has 6 nitrogen and oxygen atoms in total. The van der Waals surface area contributed by atoms with Crippen LogP contribution in [0.25, 0.3) is 0 Å². The molecule has 182 valence electrons. The first kappa shape index (κ1) is 25.5. The van der Waals surface area contributed by atoms with Gasteiger partial charge in [-0.05, 0) is 53.7 Å². The van der Waals surface area contributed by atoms with E-state index in [9.17, 15) is 14.4 Å². The molecule has 0 aromatic heterocycles. The van der Waals surface area contributed by atoms with Gasteiger partial charge in [0.2, 0.25) is 17.7 Å². The molecule has 1 unspecified atom stereocenters. The number of hydrogen-bond donors (Lipinski definition) is 1. The summed E-state index contributed by atoms with van der Waals surface area (Å²) in [6.45, 7) is 12.6. The van der Waals surface area contributed by atoms with Crippen LogP contribution in [0.1, 0.15) is 65.4 Å². The number of hydrogen-bond acceptors (Lipinski definition) is 3. The Kier molecular flexibility index (Phi) is 8.09. The summed E-state index contributed by atoms with van der Waals surface area (Å²) >= 11 is 6.06. The van der Waals surface area contributed by atoms with Crippen LogP contribution < -0.4 is 5.32 Å². The average molecular weight is 476 g/mol. The zero-order chi connectivity index (χ0) is 24.3. The van der Waals surface area contributed by atoms with Crippen LogP contribution in [0.5, 0.6) is 0 Å². The van der Waals surface area contributed by atoms with E-state index < -0.39 is 6.04 Å². The maximum absolute atomic E-state index is 13.5. The normalized spacial score (nSPS) is 23.5. The molecule has 1 aromatic rings. The predicted molar refractivity (Wildman–Crippen MR) is 131 cm³/mol. The van der Waals surface area contributed by atoms with E-state index in [1.807, 2.05) is 30.9 Å². The predicted octanol–water partition coefficient (Wildman–Crippen LogP) is 4.08. The van der Waals surface area contributed by atoms with Gasteiger partial charge < -0.3 is 15.1 Å². The van der Waals surface area contributed by atoms with Crippen LogP contribution in [0.3, 0.4) is 0 Å². The van der Waals surface area contributed by atoms with Crippen LogP contribution in [0.15, 0.2) is 24.3 Å². The lowest BCUT2D eigenvalue weighted by Gasteiger charge is -2.45. The number of carbonyl (C=O) groups is 3. The minimum Gasteiger partial charge on any atom is -0.344 e. The summed E-state index contributed by atoms with van der Waals surface area (Å²) in [5.41, 5.74) is 1.16. The van der Waals surface area contributed by atoms with Gasteiger partial charge in [-0.3, -0.25) is 14.4 Å². The number of nitrogens with one attached hydrogen (secondary N) is 1. The van der Waals surface area contributed by atoms with E-state index in [1.54, 1.807) is 11.8 Å². The molecule has 3 rings (SSSR count). The lowest BCUT2D eigenvalue weighted by Crippen LogP contribution is -2.56. The molecule has 7 heteroatoms. The lowest BCUT2D eigenvalue weighted by molar-refractivity contribution is -0.140. The third-order valence-electron chi connectivity index (χ3n) is 7.27. The van der Waals surface area contributed by atoms with Gasteiger partial charge in [-0.2, -0.15) is 0 Å². The van der Waals surface area contributed by atoms with Crippen molar-refractivity contribution in [2.75, 3.05) is 26.2 Å². The molecule has 2 aliphatic heterocycles. The standard InChI is InChI=1S/C26H38ClN3O3/c1-17(2)24(28-23(32)14-19-10-12-29(15-19)18(3)31)25(33)30-13-11-22(26(4,5)16-30)20-6-8-21(27)9-7-20/h6-9,17,19,22,24H,10-16H2,1-5H3,(H,28,32)/t19-,22?,24+/m0/s1. The van der Waals surface area contributed by atoms with Crippen LogP contribution in [0.2, 0.25) is 5.02 Å². The fourth-order valence-electron chi connectivity index (χ4n) is 5.35. The van der Waals surface area contributed by atoms with E-state index in [0.29, 0.717) is 38.5 Å². The number of benzene rings is 1. The largest absolute Gasteiger partial charge is 0.344 e. The molecule has 2 saturated heterocycles. The second-order valence-corrected chi connectivity index (χ2v) is 11.2. The fourth-order valence-corrected chi connectivity index (χ4v) is 5.47. The van der Waals surface area contributed by atoms with Crippen molar-refractivity contribution in [1.82, 2.24) is 15.1 Å². The summed E-state index contributed by atoms with van der Waals surface area (Å²) in [6.07, 6.45) is 2.06. The summed E-state index contributed by atoms with van der Waals surface area (Å²) < 4.78 is 0. The minimum absolute atomic E-state index is 0.00207. The highest BCUT2D eigenvalue weighted by atomic mass is 35.5. The Bertz CT molecular complexity index is 868. The number of piperidine rings is 1. The highest BCUT2D eigenvalue weighted by molar-refractivity contribution is 6.30. The molecule has 1 aromatic carbocycles. The van der Waals surface area contributed by atoms with Crippen molar-refractivity contribution >= 4 is 29.3 Å². The van der Waals surface area contributed by atoms with Gasteiger partial charge in [0, 0.05) is 44.5 Å². The molecular formula is C26H38ClN3O3. The summed E-state index contributed by atoms with van der Waals surface area (Å²) in [7, 11) is 0. The van der Waals surface area contributed by atoms with Crippen molar-refractivity contribution in [3.05, 3.63) is 34.9 Å². The van der Waals surface area contributed by atoms with Crippen molar-refractivity contribution in [3.8, 4) is 0 Å². The highest BCUT2D eigenvalue weighted by Crippen LogP contribution is 2.42. The number of halogens is 1. The SMILES string of the molecule is CC(=O)N1CC[C@@H](CC(=O)N[C@@H](C(=O)N2CCC(c3ccc(Cl)cc3)C(C)(C)C2)C(C)C)C1. The van der Waals surface area contributed by atoms with Gasteiger partial charge in [0.1, 0.15) is 6.04 Å². The number of likely N-dealkylation sites (tertiary alicyclic amines) is 2. The van der Waals surface area contributed by atoms with Gasteiger partial charge in [0.15, 0.2) is 0 Å². The van der Waals surface area contributed by atoms with Crippen molar-refractivity contribution in [2.45, 2.75) is 65.8 Å². The Morgan fingerprint density at radius 2 is 1.73 bits per heavy atom. The quantitative estimate of drug-likeness (QED) is 0.673. The Morgan fingerprint density at radius 1 is 1.09 bits per heavy atom. The topological polar surface area (TPSA) is 69.7 Å². The molecule has 0 aliphatic carbocycles. The molecule has 3 atom stereocenters. The molecule has 3 amide bonds. The van der Waals surface area contributed by atoms with Crippen LogP contribution in [-0.4, -0.2) is 59.7 Å². The van der Waals surface area contributed by atoms with Crippen LogP contribution in [0.4, 0.5) is 0 Å². The molecule has 33 heavy (non-hydrogen) atoms. The number of nitrogens with zero attached hydrogens (tertiary/aromatic N) is 2. The first-order chi connectivity index (χ1) is 15.5. The molecule has 1 N–H and O–H groups in total. The Balaban J connectivity index is 1.61. The average Bonchev–Trinajstić information content (AvgIpc) is 3.20. The minimum atomic E-state index is -0.536. The van der Waals surface area contributed by atoms with E-state index in [2.05, 4.69) is 31.3 Å². The van der Waals surface area contributed by atoms with Gasteiger partial charge in [-0.25, -0.2) is 0 Å². The monoisotopic (exact) mass is 475 g/mol. The maximum atomic E-state index is 13.5. The van der Waals surface area contributed by atoms with Gasteiger partial charge in [-0.15, -0.1) is 0 Å². The molecule has 2 heterocycles. The molecule has 2 fully saturated rings. The summed E-state index contributed by atoms with van der Waals surface area (Å²) in [4.78, 5) is 41.5. The first-order valence-electron chi connectivity index (χ1n) is 12.1. The highest BCUT2D eigenvalue weighted by Gasteiger charge is 2.40. The van der Waals surface area contributed by atoms with Gasteiger partial charge in [0.05, 0.1) is 0 Å². The smallest absolute Gasteiger partial charge is 0.245 e. The second-order valence-electron chi connectivity index (χ2n) is 10.8. The lowest BCUT2D eigenvalue weighted by atomic mass is 9.70. The van der Waals surface area contributed by atoms with Gasteiger partial charge in [-0.1, -0.05) is 51.4 Å². The van der Waals surface area contributed by atoms with E-state index >= 15 is 0 Å². The second kappa shape index (κ2) is 10.5. The Labute approximate surface area is 203 Å². The molecule has 0 spiro atoms. The molecule has 0 saturated carbocycles. The van der Waals surface area contributed by atoms with Crippen LogP contribution in [0, 0.1) is 17.3 Å². The summed E-state index contributed by atoms with van der Waals surface area (Å²) in [5.74, 6) is 0.447. The molecule has 2 aliphatic rings. The van der Waals surface area contributed by atoms with Crippen molar-refractivity contribution in [3.63, 3.8) is 0 Å². The van der Waals surface area contributed by atoms with Crippen molar-refractivity contribution in [1.29, 1.82) is 0 Å².